The number of ketones is 1. The number of carbonyl (C=O) groups excluding carboxylic acids is 1. The van der Waals surface area contributed by atoms with Gasteiger partial charge in [-0.25, -0.2) is 14.2 Å². The number of nitrogens with two attached hydrogens (primary N) is 1. The molecule has 3 rings (SSSR count). The van der Waals surface area contributed by atoms with Gasteiger partial charge in [0.05, 0.1) is 17.6 Å². The Morgan fingerprint density at radius 3 is 2.59 bits per heavy atom. The molecule has 0 spiro atoms. The maximum atomic E-state index is 13.0. The maximum absolute atomic E-state index is 13.0. The second-order valence-corrected chi connectivity index (χ2v) is 7.81. The van der Waals surface area contributed by atoms with Crippen LogP contribution in [-0.2, 0) is 6.54 Å². The molecule has 8 nitrogen and oxygen atoms in total. The largest absolute Gasteiger partial charge is 0.384 e. The molecule has 0 aliphatic carbocycles. The van der Waals surface area contributed by atoms with E-state index in [1.165, 1.54) is 16.7 Å². The molecule has 0 amide bonds. The Morgan fingerprint density at radius 2 is 1.93 bits per heavy atom. The zero-order valence-electron chi connectivity index (χ0n) is 15.9. The molecule has 0 aliphatic heterocycles. The number of benzene rings is 1. The summed E-state index contributed by atoms with van der Waals surface area (Å²) in [6, 6.07) is 5.91. The Balaban J connectivity index is 1.77. The molecular formula is C19H20FN5O3S. The molecule has 2 heterocycles. The van der Waals surface area contributed by atoms with Gasteiger partial charge in [-0.1, -0.05) is 25.6 Å². The summed E-state index contributed by atoms with van der Waals surface area (Å²) in [6.07, 6.45) is 1.57. The van der Waals surface area contributed by atoms with Crippen LogP contribution in [-0.4, -0.2) is 31.1 Å². The molecule has 1 aromatic carbocycles. The van der Waals surface area contributed by atoms with Crippen LogP contribution in [0.3, 0.4) is 0 Å². The van der Waals surface area contributed by atoms with Gasteiger partial charge in [-0.2, -0.15) is 0 Å². The molecule has 152 valence electrons. The predicted molar refractivity (Wildman–Crippen MR) is 110 cm³/mol. The van der Waals surface area contributed by atoms with Crippen molar-refractivity contribution < 1.29 is 9.18 Å². The van der Waals surface area contributed by atoms with Crippen molar-refractivity contribution >= 4 is 23.4 Å². The summed E-state index contributed by atoms with van der Waals surface area (Å²) >= 11 is 1.10. The third-order valence-electron chi connectivity index (χ3n) is 4.11. The average Bonchev–Trinajstić information content (AvgIpc) is 3.13. The number of rotatable bonds is 7. The molecule has 3 aromatic rings. The molecule has 0 saturated heterocycles. The molecule has 0 radical (unpaired) electrons. The summed E-state index contributed by atoms with van der Waals surface area (Å²) in [4.78, 5) is 46.1. The minimum absolute atomic E-state index is 0.0937. The highest BCUT2D eigenvalue weighted by molar-refractivity contribution is 7.99. The van der Waals surface area contributed by atoms with Crippen molar-refractivity contribution in [3.8, 4) is 11.3 Å². The van der Waals surface area contributed by atoms with Crippen molar-refractivity contribution in [2.45, 2.75) is 25.5 Å². The molecule has 10 heteroatoms. The number of aromatic nitrogens is 4. The van der Waals surface area contributed by atoms with Gasteiger partial charge in [-0.05, 0) is 35.7 Å². The van der Waals surface area contributed by atoms with Gasteiger partial charge in [0.15, 0.2) is 10.9 Å². The van der Waals surface area contributed by atoms with Gasteiger partial charge < -0.3 is 10.7 Å². The quantitative estimate of drug-likeness (QED) is 0.400. The number of anilines is 1. The van der Waals surface area contributed by atoms with E-state index in [0.717, 1.165) is 17.3 Å². The van der Waals surface area contributed by atoms with Gasteiger partial charge in [-0.3, -0.25) is 19.1 Å². The van der Waals surface area contributed by atoms with Crippen LogP contribution in [0.25, 0.3) is 11.3 Å². The first-order valence-corrected chi connectivity index (χ1v) is 9.84. The highest BCUT2D eigenvalue weighted by atomic mass is 32.2. The summed E-state index contributed by atoms with van der Waals surface area (Å²) in [5.74, 6) is -0.972. The van der Waals surface area contributed by atoms with Crippen LogP contribution in [0.2, 0.25) is 0 Å². The summed E-state index contributed by atoms with van der Waals surface area (Å²) in [6.45, 7) is 4.07. The fourth-order valence-electron chi connectivity index (χ4n) is 2.76. The number of thioether (sulfide) groups is 1. The third-order valence-corrected chi connectivity index (χ3v) is 5.00. The predicted octanol–water partition coefficient (Wildman–Crippen LogP) is 2.28. The fourth-order valence-corrected chi connectivity index (χ4v) is 3.48. The molecule has 0 unspecified atom stereocenters. The Kier molecular flexibility index (Phi) is 6.02. The van der Waals surface area contributed by atoms with Crippen LogP contribution >= 0.6 is 11.8 Å². The number of Topliss-reactive ketones (excluding diaryl/α,β-unsaturated/α-hetero) is 1. The highest BCUT2D eigenvalue weighted by Crippen LogP contribution is 2.22. The lowest BCUT2D eigenvalue weighted by Gasteiger charge is -2.13. The Labute approximate surface area is 169 Å². The van der Waals surface area contributed by atoms with Crippen molar-refractivity contribution in [3.63, 3.8) is 0 Å². The summed E-state index contributed by atoms with van der Waals surface area (Å²) in [5, 5.41) is 0.461. The van der Waals surface area contributed by atoms with Gasteiger partial charge in [0.25, 0.3) is 5.56 Å². The summed E-state index contributed by atoms with van der Waals surface area (Å²) < 4.78 is 14.2. The maximum Gasteiger partial charge on any atom is 0.329 e. The average molecular weight is 417 g/mol. The second-order valence-electron chi connectivity index (χ2n) is 6.84. The summed E-state index contributed by atoms with van der Waals surface area (Å²) in [7, 11) is 0. The van der Waals surface area contributed by atoms with E-state index in [2.05, 4.69) is 15.0 Å². The highest BCUT2D eigenvalue weighted by Gasteiger charge is 2.20. The van der Waals surface area contributed by atoms with Gasteiger partial charge >= 0.3 is 5.69 Å². The van der Waals surface area contributed by atoms with E-state index in [0.29, 0.717) is 10.9 Å². The van der Waals surface area contributed by atoms with Crippen molar-refractivity contribution in [1.29, 1.82) is 0 Å². The van der Waals surface area contributed by atoms with Crippen LogP contribution < -0.4 is 17.0 Å². The molecule has 0 bridgehead atoms. The first-order valence-electron chi connectivity index (χ1n) is 8.85. The van der Waals surface area contributed by atoms with E-state index in [1.54, 1.807) is 18.3 Å². The van der Waals surface area contributed by atoms with E-state index < -0.39 is 17.0 Å². The Morgan fingerprint density at radius 1 is 1.24 bits per heavy atom. The van der Waals surface area contributed by atoms with Crippen molar-refractivity contribution in [1.82, 2.24) is 19.5 Å². The van der Waals surface area contributed by atoms with Crippen LogP contribution in [0.4, 0.5) is 10.2 Å². The smallest absolute Gasteiger partial charge is 0.329 e. The van der Waals surface area contributed by atoms with Gasteiger partial charge in [-0.15, -0.1) is 0 Å². The number of imidazole rings is 1. The normalized spacial score (nSPS) is 11.2. The summed E-state index contributed by atoms with van der Waals surface area (Å²) in [5.41, 5.74) is 5.70. The van der Waals surface area contributed by atoms with Crippen molar-refractivity contribution in [3.05, 3.63) is 62.7 Å². The molecular weight excluding hydrogens is 397 g/mol. The van der Waals surface area contributed by atoms with Crippen LogP contribution in [0.5, 0.6) is 0 Å². The Bertz CT molecular complexity index is 1150. The van der Waals surface area contributed by atoms with E-state index >= 15 is 0 Å². The zero-order valence-corrected chi connectivity index (χ0v) is 16.7. The minimum Gasteiger partial charge on any atom is -0.384 e. The van der Waals surface area contributed by atoms with Crippen molar-refractivity contribution in [2.75, 3.05) is 11.5 Å². The number of nitrogens with one attached hydrogen (secondary N) is 2. The molecule has 0 aliphatic rings. The number of aromatic amines is 2. The van der Waals surface area contributed by atoms with E-state index in [4.69, 9.17) is 5.73 Å². The van der Waals surface area contributed by atoms with Gasteiger partial charge in [0.1, 0.15) is 17.2 Å². The first-order chi connectivity index (χ1) is 13.8. The van der Waals surface area contributed by atoms with Gasteiger partial charge in [0, 0.05) is 6.54 Å². The van der Waals surface area contributed by atoms with E-state index in [-0.39, 0.29) is 35.4 Å². The minimum atomic E-state index is -0.801. The Hall–Kier alpha value is -3.14. The molecule has 2 aromatic heterocycles. The topological polar surface area (TPSA) is 127 Å². The lowest BCUT2D eigenvalue weighted by molar-refractivity contribution is 0.102. The standard InChI is InChI=1S/C19H20FN5O3S/c1-10(2)8-25-16(21)15(17(27)24-19(25)28)14(26)9-29-18-22-7-13(23-18)11-3-5-12(20)6-4-11/h3-7,10H,8-9,21H2,1-2H3,(H,22,23)(H,24,27,28). The fraction of sp³-hybridized carbons (Fsp3) is 0.263. The number of nitrogens with zero attached hydrogens (tertiary/aromatic N) is 2. The van der Waals surface area contributed by atoms with Crippen LogP contribution in [0.1, 0.15) is 24.2 Å². The zero-order chi connectivity index (χ0) is 21.1. The molecule has 0 atom stereocenters. The van der Waals surface area contributed by atoms with E-state index in [9.17, 15) is 18.8 Å². The molecule has 0 fully saturated rings. The molecule has 4 N–H and O–H groups in total. The van der Waals surface area contributed by atoms with Crippen LogP contribution in [0.15, 0.2) is 45.2 Å². The monoisotopic (exact) mass is 417 g/mol. The molecule has 29 heavy (non-hydrogen) atoms. The lowest BCUT2D eigenvalue weighted by Crippen LogP contribution is -2.37. The third kappa shape index (κ3) is 4.65. The van der Waals surface area contributed by atoms with Crippen molar-refractivity contribution in [2.24, 2.45) is 5.92 Å². The lowest BCUT2D eigenvalue weighted by atomic mass is 10.2. The number of nitrogen functional groups attached to an aromatic ring is 1. The molecule has 0 saturated carbocycles. The first kappa shape index (κ1) is 20.6. The van der Waals surface area contributed by atoms with E-state index in [1.807, 2.05) is 13.8 Å². The number of halogens is 1. The number of carbonyl (C=O) groups is 1. The van der Waals surface area contributed by atoms with Gasteiger partial charge in [0.2, 0.25) is 0 Å². The van der Waals surface area contributed by atoms with Crippen LogP contribution in [0, 0.1) is 11.7 Å². The second kappa shape index (κ2) is 8.48. The number of hydrogen-bond donors (Lipinski definition) is 3. The number of H-pyrrole nitrogens is 2. The SMILES string of the molecule is CC(C)Cn1c(N)c(C(=O)CSc2ncc(-c3ccc(F)cc3)[nH]2)c(=O)[nH]c1=O. The number of hydrogen-bond acceptors (Lipinski definition) is 6.